The molecular formula is C13H7BrCl3NO4. The number of esters is 1. The van der Waals surface area contributed by atoms with Crippen molar-refractivity contribution in [1.29, 1.82) is 0 Å². The highest BCUT2D eigenvalue weighted by atomic mass is 79.9. The lowest BCUT2D eigenvalue weighted by Gasteiger charge is -2.09. The Kier molecular flexibility index (Phi) is 5.74. The van der Waals surface area contributed by atoms with Crippen molar-refractivity contribution < 1.29 is 18.7 Å². The first kappa shape index (κ1) is 17.1. The molecule has 2 rings (SSSR count). The lowest BCUT2D eigenvalue weighted by molar-refractivity contribution is -0.119. The molecule has 0 radical (unpaired) electrons. The number of halogens is 4. The van der Waals surface area contributed by atoms with Crippen LogP contribution in [0, 0.1) is 0 Å². The van der Waals surface area contributed by atoms with E-state index in [0.717, 1.165) is 0 Å². The lowest BCUT2D eigenvalue weighted by Crippen LogP contribution is -2.21. The van der Waals surface area contributed by atoms with Crippen LogP contribution in [0.4, 0.5) is 5.69 Å². The number of carbonyl (C=O) groups excluding carboxylic acids is 2. The third-order valence-corrected chi connectivity index (χ3v) is 3.62. The average Bonchev–Trinajstić information content (AvgIpc) is 2.87. The zero-order chi connectivity index (χ0) is 16.3. The first-order valence-electron chi connectivity index (χ1n) is 5.73. The Morgan fingerprint density at radius 2 is 1.82 bits per heavy atom. The lowest BCUT2D eigenvalue weighted by atomic mass is 10.3. The minimum atomic E-state index is -0.769. The van der Waals surface area contributed by atoms with Crippen LogP contribution in [0.25, 0.3) is 0 Å². The Morgan fingerprint density at radius 1 is 1.18 bits per heavy atom. The minimum Gasteiger partial charge on any atom is -0.450 e. The predicted octanol–water partition coefficient (Wildman–Crippen LogP) is 4.80. The van der Waals surface area contributed by atoms with Gasteiger partial charge in [0.2, 0.25) is 5.76 Å². The summed E-state index contributed by atoms with van der Waals surface area (Å²) in [7, 11) is 0. The Bertz CT molecular complexity index is 709. The van der Waals surface area contributed by atoms with Gasteiger partial charge in [-0.15, -0.1) is 0 Å². The highest BCUT2D eigenvalue weighted by molar-refractivity contribution is 9.10. The van der Waals surface area contributed by atoms with Crippen molar-refractivity contribution in [2.24, 2.45) is 0 Å². The molecular weight excluding hydrogens is 420 g/mol. The fraction of sp³-hybridized carbons (Fsp3) is 0.0769. The van der Waals surface area contributed by atoms with Crippen molar-refractivity contribution in [3.8, 4) is 0 Å². The summed E-state index contributed by atoms with van der Waals surface area (Å²) in [4.78, 5) is 23.4. The topological polar surface area (TPSA) is 68.5 Å². The maximum absolute atomic E-state index is 11.8. The van der Waals surface area contributed by atoms with E-state index in [1.54, 1.807) is 0 Å². The molecule has 0 aliphatic carbocycles. The quantitative estimate of drug-likeness (QED) is 0.712. The average molecular weight is 427 g/mol. The molecule has 0 atom stereocenters. The standard InChI is InChI=1S/C13H7BrCl3NO4/c14-10-2-1-9(22-10)13(20)21-5-11(19)18-12-7(16)3-6(15)4-8(12)17/h1-4H,5H2,(H,18,19). The van der Waals surface area contributed by atoms with Crippen molar-refractivity contribution in [3.63, 3.8) is 0 Å². The van der Waals surface area contributed by atoms with Crippen LogP contribution in [0.5, 0.6) is 0 Å². The van der Waals surface area contributed by atoms with Crippen LogP contribution in [-0.4, -0.2) is 18.5 Å². The summed E-state index contributed by atoms with van der Waals surface area (Å²) in [5, 5.41) is 3.12. The van der Waals surface area contributed by atoms with E-state index < -0.39 is 18.5 Å². The van der Waals surface area contributed by atoms with Gasteiger partial charge in [-0.3, -0.25) is 4.79 Å². The molecule has 1 N–H and O–H groups in total. The summed E-state index contributed by atoms with van der Waals surface area (Å²) in [6, 6.07) is 5.80. The minimum absolute atomic E-state index is 0.0257. The second kappa shape index (κ2) is 7.37. The van der Waals surface area contributed by atoms with Crippen LogP contribution in [0.15, 0.2) is 33.4 Å². The summed E-state index contributed by atoms with van der Waals surface area (Å²) in [6.07, 6.45) is 0. The fourth-order valence-electron chi connectivity index (χ4n) is 1.46. The Balaban J connectivity index is 1.95. The Hall–Kier alpha value is -1.21. The monoisotopic (exact) mass is 425 g/mol. The SMILES string of the molecule is O=C(COC(=O)c1ccc(Br)o1)Nc1c(Cl)cc(Cl)cc1Cl. The van der Waals surface area contributed by atoms with Crippen LogP contribution in [0.2, 0.25) is 15.1 Å². The molecule has 1 heterocycles. The van der Waals surface area contributed by atoms with Gasteiger partial charge in [0.1, 0.15) is 0 Å². The smallest absolute Gasteiger partial charge is 0.374 e. The maximum atomic E-state index is 11.8. The van der Waals surface area contributed by atoms with E-state index in [0.29, 0.717) is 9.69 Å². The molecule has 2 aromatic rings. The van der Waals surface area contributed by atoms with E-state index in [9.17, 15) is 9.59 Å². The predicted molar refractivity (Wildman–Crippen MR) is 86.8 cm³/mol. The molecule has 1 amide bonds. The van der Waals surface area contributed by atoms with Crippen molar-refractivity contribution in [1.82, 2.24) is 0 Å². The molecule has 1 aromatic heterocycles. The fourth-order valence-corrected chi connectivity index (χ4v) is 2.68. The molecule has 116 valence electrons. The van der Waals surface area contributed by atoms with Gasteiger partial charge in [-0.2, -0.15) is 0 Å². The molecule has 0 saturated heterocycles. The number of rotatable bonds is 4. The first-order chi connectivity index (χ1) is 10.4. The van der Waals surface area contributed by atoms with Gasteiger partial charge in [0, 0.05) is 5.02 Å². The molecule has 1 aromatic carbocycles. The summed E-state index contributed by atoms with van der Waals surface area (Å²) >= 11 is 20.7. The molecule has 5 nitrogen and oxygen atoms in total. The number of benzene rings is 1. The molecule has 0 saturated carbocycles. The molecule has 0 aliphatic heterocycles. The summed E-state index contributed by atoms with van der Waals surface area (Å²) < 4.78 is 10.2. The second-order valence-electron chi connectivity index (χ2n) is 3.97. The van der Waals surface area contributed by atoms with Gasteiger partial charge in [0.05, 0.1) is 15.7 Å². The van der Waals surface area contributed by atoms with Crippen LogP contribution in [0.1, 0.15) is 10.6 Å². The molecule has 0 bridgehead atoms. The number of carbonyl (C=O) groups is 2. The van der Waals surface area contributed by atoms with Crippen LogP contribution in [0.3, 0.4) is 0 Å². The van der Waals surface area contributed by atoms with Crippen molar-refractivity contribution in [3.05, 3.63) is 49.8 Å². The van der Waals surface area contributed by atoms with Gasteiger partial charge < -0.3 is 14.5 Å². The van der Waals surface area contributed by atoms with Gasteiger partial charge in [0.15, 0.2) is 11.3 Å². The largest absolute Gasteiger partial charge is 0.450 e. The first-order valence-corrected chi connectivity index (χ1v) is 7.66. The zero-order valence-corrected chi connectivity index (χ0v) is 14.5. The molecule has 0 fully saturated rings. The van der Waals surface area contributed by atoms with Crippen LogP contribution < -0.4 is 5.32 Å². The number of nitrogens with one attached hydrogen (secondary N) is 1. The number of ether oxygens (including phenoxy) is 1. The normalized spacial score (nSPS) is 10.4. The van der Waals surface area contributed by atoms with E-state index in [-0.39, 0.29) is 21.5 Å². The van der Waals surface area contributed by atoms with E-state index in [1.807, 2.05) is 0 Å². The number of hydrogen-bond acceptors (Lipinski definition) is 4. The molecule has 0 unspecified atom stereocenters. The highest BCUT2D eigenvalue weighted by Crippen LogP contribution is 2.33. The molecule has 0 aliphatic rings. The maximum Gasteiger partial charge on any atom is 0.374 e. The van der Waals surface area contributed by atoms with Gasteiger partial charge >= 0.3 is 5.97 Å². The summed E-state index contributed by atoms with van der Waals surface area (Å²) in [6.45, 7) is -0.521. The number of anilines is 1. The van der Waals surface area contributed by atoms with Gasteiger partial charge in [-0.25, -0.2) is 4.79 Å². The van der Waals surface area contributed by atoms with Crippen molar-refractivity contribution in [2.75, 3.05) is 11.9 Å². The van der Waals surface area contributed by atoms with Gasteiger partial charge in [-0.05, 0) is 40.2 Å². The van der Waals surface area contributed by atoms with E-state index in [4.69, 9.17) is 44.0 Å². The van der Waals surface area contributed by atoms with Crippen molar-refractivity contribution in [2.45, 2.75) is 0 Å². The van der Waals surface area contributed by atoms with Crippen molar-refractivity contribution >= 4 is 68.3 Å². The third kappa shape index (κ3) is 4.39. The van der Waals surface area contributed by atoms with E-state index in [1.165, 1.54) is 24.3 Å². The van der Waals surface area contributed by atoms with Gasteiger partial charge in [0.25, 0.3) is 5.91 Å². The van der Waals surface area contributed by atoms with Crippen LogP contribution >= 0.6 is 50.7 Å². The van der Waals surface area contributed by atoms with E-state index >= 15 is 0 Å². The summed E-state index contributed by atoms with van der Waals surface area (Å²) in [5.41, 5.74) is 0.189. The third-order valence-electron chi connectivity index (χ3n) is 2.38. The number of amides is 1. The number of hydrogen-bond donors (Lipinski definition) is 1. The van der Waals surface area contributed by atoms with Gasteiger partial charge in [-0.1, -0.05) is 34.8 Å². The second-order valence-corrected chi connectivity index (χ2v) is 6.00. The molecule has 22 heavy (non-hydrogen) atoms. The zero-order valence-electron chi connectivity index (χ0n) is 10.7. The summed E-state index contributed by atoms with van der Waals surface area (Å²) in [5.74, 6) is -1.40. The van der Waals surface area contributed by atoms with Crippen LogP contribution in [-0.2, 0) is 9.53 Å². The van der Waals surface area contributed by atoms with E-state index in [2.05, 4.69) is 21.2 Å². The molecule has 0 spiro atoms. The molecule has 9 heteroatoms. The highest BCUT2D eigenvalue weighted by Gasteiger charge is 2.16. The Morgan fingerprint density at radius 3 is 2.36 bits per heavy atom. The number of furan rings is 1. The Labute approximate surface area is 148 Å².